The highest BCUT2D eigenvalue weighted by Crippen LogP contribution is 2.21. The lowest BCUT2D eigenvalue weighted by Crippen LogP contribution is -2.43. The van der Waals surface area contributed by atoms with E-state index in [1.54, 1.807) is 7.05 Å². The zero-order chi connectivity index (χ0) is 15.1. The maximum atomic E-state index is 11.2. The maximum absolute atomic E-state index is 11.2. The normalized spacial score (nSPS) is 18.5. The summed E-state index contributed by atoms with van der Waals surface area (Å²) in [7, 11) is 1.79. The maximum Gasteiger partial charge on any atom is 0.234 e. The van der Waals surface area contributed by atoms with Crippen molar-refractivity contribution < 1.29 is 4.79 Å². The first-order valence-corrected chi connectivity index (χ1v) is 7.92. The third kappa shape index (κ3) is 5.14. The second kappa shape index (κ2) is 8.15. The van der Waals surface area contributed by atoms with E-state index < -0.39 is 0 Å². The number of likely N-dealkylation sites (tertiary alicyclic amines) is 1. The molecule has 1 atom stereocenters. The fourth-order valence-electron chi connectivity index (χ4n) is 3.10. The van der Waals surface area contributed by atoms with Crippen molar-refractivity contribution in [2.75, 3.05) is 26.7 Å². The van der Waals surface area contributed by atoms with Gasteiger partial charge in [0.15, 0.2) is 0 Å². The molecule has 1 aromatic rings. The van der Waals surface area contributed by atoms with E-state index in [4.69, 9.17) is 5.73 Å². The fourth-order valence-corrected chi connectivity index (χ4v) is 3.10. The Labute approximate surface area is 127 Å². The predicted molar refractivity (Wildman–Crippen MR) is 86.0 cm³/mol. The van der Waals surface area contributed by atoms with Crippen LogP contribution in [0.4, 0.5) is 0 Å². The molecule has 1 amide bonds. The summed E-state index contributed by atoms with van der Waals surface area (Å²) in [5.41, 5.74) is 6.80. The number of carbonyl (C=O) groups is 1. The summed E-state index contributed by atoms with van der Waals surface area (Å²) in [6, 6.07) is 10.5. The van der Waals surface area contributed by atoms with Crippen LogP contribution in [0.15, 0.2) is 30.3 Å². The molecule has 1 aliphatic rings. The molecule has 0 aromatic heterocycles. The molecule has 1 saturated heterocycles. The number of benzene rings is 1. The van der Waals surface area contributed by atoms with Gasteiger partial charge in [-0.25, -0.2) is 0 Å². The monoisotopic (exact) mass is 289 g/mol. The lowest BCUT2D eigenvalue weighted by atomic mass is 9.90. The molecule has 0 bridgehead atoms. The van der Waals surface area contributed by atoms with Gasteiger partial charge >= 0.3 is 0 Å². The Morgan fingerprint density at radius 1 is 1.33 bits per heavy atom. The molecule has 1 aliphatic heterocycles. The molecule has 2 rings (SSSR count). The standard InChI is InChI=1S/C17H27N3O/c1-19-16(17(18)21)9-12-20-10-7-15(8-11-20)13-14-5-3-2-4-6-14/h2-6,15-16,19H,7-13H2,1H3,(H2,18,21). The molecule has 0 saturated carbocycles. The van der Waals surface area contributed by atoms with Crippen LogP contribution in [0.2, 0.25) is 0 Å². The molecule has 0 spiro atoms. The van der Waals surface area contributed by atoms with Crippen LogP contribution in [0.25, 0.3) is 0 Å². The van der Waals surface area contributed by atoms with E-state index in [9.17, 15) is 4.79 Å². The van der Waals surface area contributed by atoms with Gasteiger partial charge in [-0.2, -0.15) is 0 Å². The summed E-state index contributed by atoms with van der Waals surface area (Å²) in [5.74, 6) is 0.538. The van der Waals surface area contributed by atoms with E-state index in [1.807, 2.05) is 0 Å². The van der Waals surface area contributed by atoms with Crippen molar-refractivity contribution >= 4 is 5.91 Å². The highest BCUT2D eigenvalue weighted by atomic mass is 16.1. The topological polar surface area (TPSA) is 58.4 Å². The van der Waals surface area contributed by atoms with Gasteiger partial charge in [0.05, 0.1) is 6.04 Å². The summed E-state index contributed by atoms with van der Waals surface area (Å²) in [6.07, 6.45) is 4.48. The van der Waals surface area contributed by atoms with E-state index in [-0.39, 0.29) is 11.9 Å². The second-order valence-corrected chi connectivity index (χ2v) is 6.01. The lowest BCUT2D eigenvalue weighted by molar-refractivity contribution is -0.120. The number of rotatable bonds is 7. The summed E-state index contributed by atoms with van der Waals surface area (Å²) in [6.45, 7) is 3.21. The van der Waals surface area contributed by atoms with Crippen LogP contribution in [-0.4, -0.2) is 43.5 Å². The molecule has 3 N–H and O–H groups in total. The predicted octanol–water partition coefficient (Wildman–Crippen LogP) is 1.40. The molecular weight excluding hydrogens is 262 g/mol. The molecule has 1 unspecified atom stereocenters. The number of carbonyl (C=O) groups excluding carboxylic acids is 1. The second-order valence-electron chi connectivity index (χ2n) is 6.01. The van der Waals surface area contributed by atoms with Gasteiger partial charge in [0.1, 0.15) is 0 Å². The van der Waals surface area contributed by atoms with E-state index in [0.717, 1.165) is 32.0 Å². The van der Waals surface area contributed by atoms with Crippen LogP contribution < -0.4 is 11.1 Å². The lowest BCUT2D eigenvalue weighted by Gasteiger charge is -2.32. The SMILES string of the molecule is CNC(CCN1CCC(Cc2ccccc2)CC1)C(N)=O. The number of hydrogen-bond donors (Lipinski definition) is 2. The van der Waals surface area contributed by atoms with Crippen LogP contribution in [0.3, 0.4) is 0 Å². The van der Waals surface area contributed by atoms with Gasteiger partial charge in [0.2, 0.25) is 5.91 Å². The Bertz CT molecular complexity index is 427. The van der Waals surface area contributed by atoms with Crippen molar-refractivity contribution in [2.45, 2.75) is 31.7 Å². The number of nitrogens with zero attached hydrogens (tertiary/aromatic N) is 1. The summed E-state index contributed by atoms with van der Waals surface area (Å²) < 4.78 is 0. The van der Waals surface area contributed by atoms with Crippen LogP contribution >= 0.6 is 0 Å². The van der Waals surface area contributed by atoms with Gasteiger partial charge in [-0.15, -0.1) is 0 Å². The Hall–Kier alpha value is -1.39. The third-order valence-corrected chi connectivity index (χ3v) is 4.50. The van der Waals surface area contributed by atoms with Crippen molar-refractivity contribution in [3.63, 3.8) is 0 Å². The number of primary amides is 1. The van der Waals surface area contributed by atoms with Crippen LogP contribution in [0, 0.1) is 5.92 Å². The zero-order valence-electron chi connectivity index (χ0n) is 12.9. The summed E-state index contributed by atoms with van der Waals surface area (Å²) >= 11 is 0. The minimum absolute atomic E-state index is 0.202. The molecule has 4 heteroatoms. The van der Waals surface area contributed by atoms with Gasteiger partial charge in [-0.05, 0) is 57.3 Å². The van der Waals surface area contributed by atoms with Gasteiger partial charge < -0.3 is 16.0 Å². The average molecular weight is 289 g/mol. The molecule has 0 radical (unpaired) electrons. The van der Waals surface area contributed by atoms with E-state index in [2.05, 4.69) is 40.5 Å². The molecule has 1 heterocycles. The fraction of sp³-hybridized carbons (Fsp3) is 0.588. The quantitative estimate of drug-likeness (QED) is 0.798. The van der Waals surface area contributed by atoms with Crippen molar-refractivity contribution in [2.24, 2.45) is 11.7 Å². The van der Waals surface area contributed by atoms with E-state index in [1.165, 1.54) is 24.8 Å². The van der Waals surface area contributed by atoms with Crippen molar-refractivity contribution in [3.05, 3.63) is 35.9 Å². The third-order valence-electron chi connectivity index (χ3n) is 4.50. The van der Waals surface area contributed by atoms with Crippen molar-refractivity contribution in [1.82, 2.24) is 10.2 Å². The Morgan fingerprint density at radius 3 is 2.57 bits per heavy atom. The molecule has 0 aliphatic carbocycles. The minimum atomic E-state index is -0.253. The average Bonchev–Trinajstić information content (AvgIpc) is 2.50. The smallest absolute Gasteiger partial charge is 0.234 e. The number of nitrogens with one attached hydrogen (secondary N) is 1. The summed E-state index contributed by atoms with van der Waals surface area (Å²) in [5, 5.41) is 2.98. The van der Waals surface area contributed by atoms with Crippen molar-refractivity contribution in [3.8, 4) is 0 Å². The number of likely N-dealkylation sites (N-methyl/N-ethyl adjacent to an activating group) is 1. The van der Waals surface area contributed by atoms with Crippen LogP contribution in [-0.2, 0) is 11.2 Å². The first-order chi connectivity index (χ1) is 10.2. The highest BCUT2D eigenvalue weighted by molar-refractivity contribution is 5.79. The Morgan fingerprint density at radius 2 is 2.00 bits per heavy atom. The van der Waals surface area contributed by atoms with Crippen molar-refractivity contribution in [1.29, 1.82) is 0 Å². The first kappa shape index (κ1) is 16.0. The number of hydrogen-bond acceptors (Lipinski definition) is 3. The first-order valence-electron chi connectivity index (χ1n) is 7.92. The summed E-state index contributed by atoms with van der Waals surface area (Å²) in [4.78, 5) is 13.7. The zero-order valence-corrected chi connectivity index (χ0v) is 12.9. The van der Waals surface area contributed by atoms with E-state index in [0.29, 0.717) is 0 Å². The molecule has 4 nitrogen and oxygen atoms in total. The number of nitrogens with two attached hydrogens (primary N) is 1. The van der Waals surface area contributed by atoms with Gasteiger partial charge in [-0.3, -0.25) is 4.79 Å². The number of piperidine rings is 1. The molecule has 116 valence electrons. The Balaban J connectivity index is 1.70. The molecular formula is C17H27N3O. The molecule has 1 fully saturated rings. The molecule has 1 aromatic carbocycles. The van der Waals surface area contributed by atoms with Gasteiger partial charge in [0, 0.05) is 6.54 Å². The van der Waals surface area contributed by atoms with E-state index >= 15 is 0 Å². The van der Waals surface area contributed by atoms with Gasteiger partial charge in [0.25, 0.3) is 0 Å². The van der Waals surface area contributed by atoms with Crippen LogP contribution in [0.5, 0.6) is 0 Å². The minimum Gasteiger partial charge on any atom is -0.368 e. The largest absolute Gasteiger partial charge is 0.368 e. The van der Waals surface area contributed by atoms with Crippen LogP contribution in [0.1, 0.15) is 24.8 Å². The van der Waals surface area contributed by atoms with Gasteiger partial charge in [-0.1, -0.05) is 30.3 Å². The Kier molecular flexibility index (Phi) is 6.21. The molecule has 21 heavy (non-hydrogen) atoms. The highest BCUT2D eigenvalue weighted by Gasteiger charge is 2.21. The number of amides is 1.